The van der Waals surface area contributed by atoms with Crippen LogP contribution in [0.2, 0.25) is 0 Å². The summed E-state index contributed by atoms with van der Waals surface area (Å²) in [6.45, 7) is 0. The zero-order valence-corrected chi connectivity index (χ0v) is 8.06. The minimum Gasteiger partial charge on any atom is -0.318 e. The second-order valence-electron chi connectivity index (χ2n) is 2.21. The number of carbonyl (C=O) groups is 1. The number of hydrogen-bond acceptors (Lipinski definition) is 1. The van der Waals surface area contributed by atoms with Crippen molar-refractivity contribution in [2.75, 3.05) is 0 Å². The van der Waals surface area contributed by atoms with E-state index in [1.807, 2.05) is 6.07 Å². The SMILES string of the molecule is O=C(N[C]=C(Cl)Cl)c1ccccc1. The number of hydrogen-bond donors (Lipinski definition) is 1. The molecular formula is C9H6Cl2NO. The van der Waals surface area contributed by atoms with Crippen LogP contribution in [0.5, 0.6) is 0 Å². The molecule has 0 unspecified atom stereocenters. The molecule has 0 aliphatic rings. The number of benzene rings is 1. The lowest BCUT2D eigenvalue weighted by Crippen LogP contribution is -2.17. The molecule has 1 aromatic carbocycles. The predicted molar refractivity (Wildman–Crippen MR) is 52.4 cm³/mol. The molecule has 0 bridgehead atoms. The highest BCUT2D eigenvalue weighted by molar-refractivity contribution is 6.55. The maximum Gasteiger partial charge on any atom is 0.255 e. The topological polar surface area (TPSA) is 29.1 Å². The van der Waals surface area contributed by atoms with Crippen molar-refractivity contribution in [3.63, 3.8) is 0 Å². The van der Waals surface area contributed by atoms with Gasteiger partial charge < -0.3 is 5.32 Å². The number of rotatable bonds is 2. The van der Waals surface area contributed by atoms with E-state index in [-0.39, 0.29) is 10.4 Å². The second kappa shape index (κ2) is 4.90. The van der Waals surface area contributed by atoms with Crippen molar-refractivity contribution in [3.8, 4) is 0 Å². The van der Waals surface area contributed by atoms with E-state index in [9.17, 15) is 4.79 Å². The average Bonchev–Trinajstić information content (AvgIpc) is 2.15. The Morgan fingerprint density at radius 3 is 2.38 bits per heavy atom. The van der Waals surface area contributed by atoms with Crippen LogP contribution in [0.1, 0.15) is 10.4 Å². The van der Waals surface area contributed by atoms with Crippen molar-refractivity contribution >= 4 is 29.1 Å². The Morgan fingerprint density at radius 1 is 1.23 bits per heavy atom. The lowest BCUT2D eigenvalue weighted by molar-refractivity contribution is 0.0967. The molecule has 1 radical (unpaired) electrons. The zero-order valence-electron chi connectivity index (χ0n) is 6.55. The van der Waals surface area contributed by atoms with Crippen molar-refractivity contribution < 1.29 is 4.79 Å². The molecule has 2 nitrogen and oxygen atoms in total. The van der Waals surface area contributed by atoms with Gasteiger partial charge in [-0.25, -0.2) is 0 Å². The van der Waals surface area contributed by atoms with E-state index in [0.717, 1.165) is 0 Å². The second-order valence-corrected chi connectivity index (χ2v) is 3.15. The van der Waals surface area contributed by atoms with Crippen LogP contribution in [-0.4, -0.2) is 5.91 Å². The molecule has 0 aliphatic heterocycles. The minimum atomic E-state index is -0.292. The standard InChI is InChI=1S/C9H6Cl2NO/c10-8(11)6-12-9(13)7-4-2-1-3-5-7/h1-5H,(H,12,13). The molecule has 1 amide bonds. The van der Waals surface area contributed by atoms with Crippen LogP contribution in [0, 0.1) is 6.20 Å². The van der Waals surface area contributed by atoms with Crippen LogP contribution in [0.25, 0.3) is 0 Å². The molecule has 4 heteroatoms. The molecule has 1 aromatic rings. The average molecular weight is 215 g/mol. The fourth-order valence-electron chi connectivity index (χ4n) is 0.766. The summed E-state index contributed by atoms with van der Waals surface area (Å²) in [6, 6.07) is 8.71. The van der Waals surface area contributed by atoms with Gasteiger partial charge in [0.25, 0.3) is 5.91 Å². The molecule has 0 aliphatic carbocycles. The van der Waals surface area contributed by atoms with Gasteiger partial charge in [0.15, 0.2) is 0 Å². The Morgan fingerprint density at radius 2 is 1.85 bits per heavy atom. The van der Waals surface area contributed by atoms with Gasteiger partial charge in [-0.05, 0) is 12.1 Å². The van der Waals surface area contributed by atoms with Crippen molar-refractivity contribution in [2.24, 2.45) is 0 Å². The first-order chi connectivity index (χ1) is 6.20. The van der Waals surface area contributed by atoms with Crippen molar-refractivity contribution in [2.45, 2.75) is 0 Å². The van der Waals surface area contributed by atoms with Gasteiger partial charge in [0.05, 0.1) is 6.20 Å². The first-order valence-electron chi connectivity index (χ1n) is 3.49. The predicted octanol–water partition coefficient (Wildman–Crippen LogP) is 2.50. The van der Waals surface area contributed by atoms with Crippen LogP contribution in [0.4, 0.5) is 0 Å². The van der Waals surface area contributed by atoms with Gasteiger partial charge in [0.1, 0.15) is 4.49 Å². The van der Waals surface area contributed by atoms with Crippen LogP contribution in [-0.2, 0) is 0 Å². The molecule has 0 atom stereocenters. The number of nitrogens with one attached hydrogen (secondary N) is 1. The molecule has 1 rings (SSSR count). The van der Waals surface area contributed by atoms with Gasteiger partial charge in [-0.15, -0.1) is 0 Å². The fourth-order valence-corrected chi connectivity index (χ4v) is 0.860. The van der Waals surface area contributed by atoms with Gasteiger partial charge in [0, 0.05) is 5.56 Å². The largest absolute Gasteiger partial charge is 0.318 e. The molecule has 0 saturated carbocycles. The lowest BCUT2D eigenvalue weighted by atomic mass is 10.2. The first kappa shape index (κ1) is 10.1. The molecule has 0 saturated heterocycles. The third-order valence-corrected chi connectivity index (χ3v) is 1.50. The summed E-state index contributed by atoms with van der Waals surface area (Å²) in [5, 5.41) is 2.31. The molecule has 13 heavy (non-hydrogen) atoms. The fraction of sp³-hybridized carbons (Fsp3) is 0. The molecule has 0 heterocycles. The summed E-state index contributed by atoms with van der Waals surface area (Å²) >= 11 is 10.5. The molecule has 0 fully saturated rings. The number of halogens is 2. The van der Waals surface area contributed by atoms with E-state index in [1.54, 1.807) is 24.3 Å². The van der Waals surface area contributed by atoms with Gasteiger partial charge in [-0.1, -0.05) is 41.4 Å². The highest BCUT2D eigenvalue weighted by atomic mass is 35.5. The summed E-state index contributed by atoms with van der Waals surface area (Å²) in [5.74, 6) is -0.292. The highest BCUT2D eigenvalue weighted by Crippen LogP contribution is 2.03. The van der Waals surface area contributed by atoms with E-state index in [2.05, 4.69) is 11.5 Å². The smallest absolute Gasteiger partial charge is 0.255 e. The van der Waals surface area contributed by atoms with E-state index in [4.69, 9.17) is 23.2 Å². The van der Waals surface area contributed by atoms with Crippen LogP contribution in [0.3, 0.4) is 0 Å². The van der Waals surface area contributed by atoms with E-state index < -0.39 is 0 Å². The van der Waals surface area contributed by atoms with Crippen molar-refractivity contribution in [1.29, 1.82) is 0 Å². The van der Waals surface area contributed by atoms with Gasteiger partial charge in [0.2, 0.25) is 0 Å². The maximum absolute atomic E-state index is 11.2. The van der Waals surface area contributed by atoms with E-state index in [1.165, 1.54) is 0 Å². The molecule has 1 N–H and O–H groups in total. The first-order valence-corrected chi connectivity index (χ1v) is 4.25. The number of amides is 1. The Labute approximate surface area is 86.2 Å². The van der Waals surface area contributed by atoms with Gasteiger partial charge in [-0.2, -0.15) is 0 Å². The molecule has 0 spiro atoms. The van der Waals surface area contributed by atoms with Crippen LogP contribution >= 0.6 is 23.2 Å². The molecule has 67 valence electrons. The summed E-state index contributed by atoms with van der Waals surface area (Å²) in [7, 11) is 0. The Bertz CT molecular complexity index is 318. The van der Waals surface area contributed by atoms with E-state index >= 15 is 0 Å². The minimum absolute atomic E-state index is 0.107. The summed E-state index contributed by atoms with van der Waals surface area (Å²) in [4.78, 5) is 11.2. The summed E-state index contributed by atoms with van der Waals surface area (Å²) < 4.78 is -0.107. The lowest BCUT2D eigenvalue weighted by Gasteiger charge is -1.97. The third-order valence-electron chi connectivity index (χ3n) is 1.31. The third kappa shape index (κ3) is 3.49. The molecule has 0 aromatic heterocycles. The summed E-state index contributed by atoms with van der Waals surface area (Å²) in [6.07, 6.45) is 2.29. The van der Waals surface area contributed by atoms with Crippen LogP contribution in [0.15, 0.2) is 34.8 Å². The van der Waals surface area contributed by atoms with Crippen molar-refractivity contribution in [3.05, 3.63) is 46.6 Å². The Kier molecular flexibility index (Phi) is 3.80. The zero-order chi connectivity index (χ0) is 9.68. The van der Waals surface area contributed by atoms with Gasteiger partial charge in [-0.3, -0.25) is 4.79 Å². The van der Waals surface area contributed by atoms with Crippen molar-refractivity contribution in [1.82, 2.24) is 5.32 Å². The Hall–Kier alpha value is -0.990. The van der Waals surface area contributed by atoms with Gasteiger partial charge >= 0.3 is 0 Å². The van der Waals surface area contributed by atoms with E-state index in [0.29, 0.717) is 5.56 Å². The maximum atomic E-state index is 11.2. The monoisotopic (exact) mass is 214 g/mol. The Balaban J connectivity index is 2.65. The molecular weight excluding hydrogens is 209 g/mol. The summed E-state index contributed by atoms with van der Waals surface area (Å²) in [5.41, 5.74) is 0.532. The quantitative estimate of drug-likeness (QED) is 0.754. The number of carbonyl (C=O) groups excluding carboxylic acids is 1. The van der Waals surface area contributed by atoms with Crippen LogP contribution < -0.4 is 5.32 Å². The highest BCUT2D eigenvalue weighted by Gasteiger charge is 2.01. The normalized spacial score (nSPS) is 9.08.